The molecule has 0 atom stereocenters. The zero-order valence-electron chi connectivity index (χ0n) is 11.4. The molecule has 2 aromatic rings. The van der Waals surface area contributed by atoms with Gasteiger partial charge >= 0.3 is 12.0 Å². The van der Waals surface area contributed by atoms with Crippen molar-refractivity contribution in [1.29, 1.82) is 0 Å². The van der Waals surface area contributed by atoms with Crippen molar-refractivity contribution in [2.75, 3.05) is 16.8 Å². The van der Waals surface area contributed by atoms with Gasteiger partial charge < -0.3 is 10.4 Å². The second kappa shape index (κ2) is 4.93. The third-order valence-corrected chi connectivity index (χ3v) is 3.43. The van der Waals surface area contributed by atoms with Crippen LogP contribution >= 0.6 is 0 Å². The van der Waals surface area contributed by atoms with Crippen LogP contribution in [-0.2, 0) is 13.5 Å². The molecule has 1 aliphatic heterocycles. The number of anilines is 2. The Bertz CT molecular complexity index is 723. The fourth-order valence-electron chi connectivity index (χ4n) is 2.40. The van der Waals surface area contributed by atoms with Crippen molar-refractivity contribution in [3.63, 3.8) is 0 Å². The quantitative estimate of drug-likeness (QED) is 0.879. The second-order valence-corrected chi connectivity index (χ2v) is 4.88. The highest BCUT2D eigenvalue weighted by Gasteiger charge is 2.26. The molecule has 21 heavy (non-hydrogen) atoms. The molecule has 108 valence electrons. The van der Waals surface area contributed by atoms with E-state index >= 15 is 0 Å². The summed E-state index contributed by atoms with van der Waals surface area (Å²) in [5, 5.41) is 15.8. The van der Waals surface area contributed by atoms with E-state index in [4.69, 9.17) is 5.11 Å². The largest absolute Gasteiger partial charge is 0.478 e. The Kier molecular flexibility index (Phi) is 3.09. The van der Waals surface area contributed by atoms with E-state index in [-0.39, 0.29) is 11.6 Å². The van der Waals surface area contributed by atoms with Crippen LogP contribution in [0.15, 0.2) is 30.6 Å². The predicted octanol–water partition coefficient (Wildman–Crippen LogP) is 1.71. The molecular formula is C14H14N4O3. The molecule has 0 saturated heterocycles. The maximum atomic E-state index is 12.3. The van der Waals surface area contributed by atoms with E-state index in [9.17, 15) is 9.59 Å². The lowest BCUT2D eigenvalue weighted by atomic mass is 10.1. The monoisotopic (exact) mass is 286 g/mol. The van der Waals surface area contributed by atoms with Gasteiger partial charge in [0.15, 0.2) is 0 Å². The number of nitrogens with zero attached hydrogens (tertiary/aromatic N) is 3. The summed E-state index contributed by atoms with van der Waals surface area (Å²) in [6.45, 7) is 0.532. The molecule has 3 rings (SSSR count). The third kappa shape index (κ3) is 2.45. The van der Waals surface area contributed by atoms with Crippen LogP contribution in [-0.4, -0.2) is 33.4 Å². The van der Waals surface area contributed by atoms with Crippen molar-refractivity contribution in [1.82, 2.24) is 9.78 Å². The Balaban J connectivity index is 1.84. The zero-order valence-corrected chi connectivity index (χ0v) is 11.4. The molecule has 0 saturated carbocycles. The van der Waals surface area contributed by atoms with Crippen molar-refractivity contribution in [2.45, 2.75) is 6.42 Å². The number of rotatable bonds is 2. The average molecular weight is 286 g/mol. The summed E-state index contributed by atoms with van der Waals surface area (Å²) in [4.78, 5) is 24.9. The summed E-state index contributed by atoms with van der Waals surface area (Å²) in [6, 6.07) is 4.57. The SMILES string of the molecule is Cn1cc(NC(=O)N2CCc3ccc(C(=O)O)cc32)cn1. The second-order valence-electron chi connectivity index (χ2n) is 4.88. The van der Waals surface area contributed by atoms with Crippen molar-refractivity contribution >= 4 is 23.4 Å². The number of nitrogens with one attached hydrogen (secondary N) is 1. The van der Waals surface area contributed by atoms with E-state index in [1.807, 2.05) is 0 Å². The van der Waals surface area contributed by atoms with Gasteiger partial charge in [0.05, 0.1) is 17.4 Å². The Morgan fingerprint density at radius 2 is 2.19 bits per heavy atom. The van der Waals surface area contributed by atoms with Crippen molar-refractivity contribution < 1.29 is 14.7 Å². The van der Waals surface area contributed by atoms with E-state index in [0.717, 1.165) is 12.0 Å². The lowest BCUT2D eigenvalue weighted by molar-refractivity contribution is 0.0697. The van der Waals surface area contributed by atoms with Gasteiger partial charge in [-0.1, -0.05) is 6.07 Å². The number of amides is 2. The number of aryl methyl sites for hydroxylation is 1. The van der Waals surface area contributed by atoms with E-state index in [1.54, 1.807) is 41.2 Å². The Morgan fingerprint density at radius 3 is 2.86 bits per heavy atom. The normalized spacial score (nSPS) is 13.1. The third-order valence-electron chi connectivity index (χ3n) is 3.43. The molecule has 2 heterocycles. The number of carboxylic acids is 1. The molecule has 0 radical (unpaired) electrons. The number of carbonyl (C=O) groups excluding carboxylic acids is 1. The first-order valence-corrected chi connectivity index (χ1v) is 6.48. The van der Waals surface area contributed by atoms with Crippen LogP contribution in [0.2, 0.25) is 0 Å². The lowest BCUT2D eigenvalue weighted by Crippen LogP contribution is -2.33. The summed E-state index contributed by atoms with van der Waals surface area (Å²) in [7, 11) is 1.76. The molecular weight excluding hydrogens is 272 g/mol. The highest BCUT2D eigenvalue weighted by molar-refractivity contribution is 6.03. The Morgan fingerprint density at radius 1 is 1.38 bits per heavy atom. The standard InChI is InChI=1S/C14H14N4O3/c1-17-8-11(7-15-17)16-14(21)18-5-4-9-2-3-10(13(19)20)6-12(9)18/h2-3,6-8H,4-5H2,1H3,(H,16,21)(H,19,20). The first-order valence-electron chi connectivity index (χ1n) is 6.48. The summed E-state index contributed by atoms with van der Waals surface area (Å²) in [6.07, 6.45) is 3.97. The minimum Gasteiger partial charge on any atom is -0.478 e. The van der Waals surface area contributed by atoms with Crippen molar-refractivity contribution in [3.8, 4) is 0 Å². The van der Waals surface area contributed by atoms with Crippen LogP contribution in [0.25, 0.3) is 0 Å². The molecule has 0 unspecified atom stereocenters. The van der Waals surface area contributed by atoms with Gasteiger partial charge in [-0.15, -0.1) is 0 Å². The van der Waals surface area contributed by atoms with Crippen LogP contribution in [0.5, 0.6) is 0 Å². The number of aromatic carboxylic acids is 1. The van der Waals surface area contributed by atoms with E-state index < -0.39 is 5.97 Å². The fourth-order valence-corrected chi connectivity index (χ4v) is 2.40. The van der Waals surface area contributed by atoms with Crippen LogP contribution < -0.4 is 10.2 Å². The molecule has 2 N–H and O–H groups in total. The first kappa shape index (κ1) is 13.2. The maximum Gasteiger partial charge on any atom is 0.335 e. The molecule has 7 nitrogen and oxygen atoms in total. The van der Waals surface area contributed by atoms with Gasteiger partial charge in [-0.3, -0.25) is 9.58 Å². The molecule has 0 aliphatic carbocycles. The van der Waals surface area contributed by atoms with Crippen LogP contribution in [0.1, 0.15) is 15.9 Å². The lowest BCUT2D eigenvalue weighted by Gasteiger charge is -2.17. The molecule has 0 spiro atoms. The van der Waals surface area contributed by atoms with Gasteiger partial charge in [0, 0.05) is 25.5 Å². The van der Waals surface area contributed by atoms with Gasteiger partial charge in [-0.25, -0.2) is 9.59 Å². The fraction of sp³-hybridized carbons (Fsp3) is 0.214. The number of carboxylic acid groups (broad SMARTS) is 1. The smallest absolute Gasteiger partial charge is 0.335 e. The van der Waals surface area contributed by atoms with E-state index in [1.165, 1.54) is 6.07 Å². The topological polar surface area (TPSA) is 87.5 Å². The molecule has 1 aromatic heterocycles. The summed E-state index contributed by atoms with van der Waals surface area (Å²) in [5.74, 6) is -1.00. The number of urea groups is 1. The number of carbonyl (C=O) groups is 2. The Labute approximate surface area is 120 Å². The minimum absolute atomic E-state index is 0.176. The van der Waals surface area contributed by atoms with Crippen molar-refractivity contribution in [3.05, 3.63) is 41.7 Å². The number of aromatic nitrogens is 2. The van der Waals surface area contributed by atoms with E-state index in [2.05, 4.69) is 10.4 Å². The summed E-state index contributed by atoms with van der Waals surface area (Å²) >= 11 is 0. The highest BCUT2D eigenvalue weighted by atomic mass is 16.4. The van der Waals surface area contributed by atoms with Crippen LogP contribution in [0.3, 0.4) is 0 Å². The average Bonchev–Trinajstić information content (AvgIpc) is 3.04. The molecule has 0 bridgehead atoms. The number of fused-ring (bicyclic) bond motifs is 1. The summed E-state index contributed by atoms with van der Waals surface area (Å²) in [5.41, 5.74) is 2.40. The molecule has 1 aromatic carbocycles. The van der Waals surface area contributed by atoms with E-state index in [0.29, 0.717) is 17.9 Å². The zero-order chi connectivity index (χ0) is 15.0. The number of hydrogen-bond donors (Lipinski definition) is 2. The predicted molar refractivity (Wildman–Crippen MR) is 76.7 cm³/mol. The van der Waals surface area contributed by atoms with Gasteiger partial charge in [0.1, 0.15) is 0 Å². The van der Waals surface area contributed by atoms with Crippen molar-refractivity contribution in [2.24, 2.45) is 7.05 Å². The Hall–Kier alpha value is -2.83. The van der Waals surface area contributed by atoms with Crippen LogP contribution in [0.4, 0.5) is 16.2 Å². The minimum atomic E-state index is -1.00. The van der Waals surface area contributed by atoms with Gasteiger partial charge in [-0.2, -0.15) is 5.10 Å². The number of hydrogen-bond acceptors (Lipinski definition) is 3. The molecule has 2 amide bonds. The molecule has 0 fully saturated rings. The van der Waals surface area contributed by atoms with Gasteiger partial charge in [0.25, 0.3) is 0 Å². The first-order chi connectivity index (χ1) is 10.0. The molecule has 1 aliphatic rings. The molecule has 7 heteroatoms. The van der Waals surface area contributed by atoms with Gasteiger partial charge in [-0.05, 0) is 24.1 Å². The highest BCUT2D eigenvalue weighted by Crippen LogP contribution is 2.29. The maximum absolute atomic E-state index is 12.3. The van der Waals surface area contributed by atoms with Gasteiger partial charge in [0.2, 0.25) is 0 Å². The number of benzene rings is 1. The summed E-state index contributed by atoms with van der Waals surface area (Å²) < 4.78 is 1.59. The van der Waals surface area contributed by atoms with Crippen LogP contribution in [0, 0.1) is 0 Å².